The van der Waals surface area contributed by atoms with Crippen LogP contribution >= 0.6 is 0 Å². The fourth-order valence-corrected chi connectivity index (χ4v) is 5.45. The molecule has 186 valence electrons. The third kappa shape index (κ3) is 3.59. The second-order valence-corrected chi connectivity index (χ2v) is 11.2. The average Bonchev–Trinajstić information content (AvgIpc) is 3.39. The van der Waals surface area contributed by atoms with E-state index in [1.165, 1.54) is 16.5 Å². The molecule has 1 aromatic heterocycles. The van der Waals surface area contributed by atoms with Crippen LogP contribution in [0.4, 0.5) is 0 Å². The summed E-state index contributed by atoms with van der Waals surface area (Å²) in [4.78, 5) is 0. The van der Waals surface area contributed by atoms with Crippen molar-refractivity contribution in [3.05, 3.63) is 103 Å². The van der Waals surface area contributed by atoms with Crippen LogP contribution in [-0.4, -0.2) is 18.3 Å². The van der Waals surface area contributed by atoms with Gasteiger partial charge in [-0.25, -0.2) is 0 Å². The summed E-state index contributed by atoms with van der Waals surface area (Å²) in [6.07, 6.45) is 0. The second kappa shape index (κ2) is 8.32. The molecule has 0 saturated carbocycles. The van der Waals surface area contributed by atoms with Crippen molar-refractivity contribution in [2.75, 3.05) is 0 Å². The summed E-state index contributed by atoms with van der Waals surface area (Å²) < 4.78 is 19.6. The van der Waals surface area contributed by atoms with E-state index in [0.29, 0.717) is 0 Å². The van der Waals surface area contributed by atoms with Crippen LogP contribution in [0.5, 0.6) is 0 Å². The molecule has 0 spiro atoms. The van der Waals surface area contributed by atoms with Crippen LogP contribution in [-0.2, 0) is 9.31 Å². The third-order valence-electron chi connectivity index (χ3n) is 8.33. The van der Waals surface area contributed by atoms with Gasteiger partial charge in [0, 0.05) is 16.2 Å². The summed E-state index contributed by atoms with van der Waals surface area (Å²) in [5.41, 5.74) is 6.42. The molecule has 0 amide bonds. The van der Waals surface area contributed by atoms with Crippen LogP contribution in [0, 0.1) is 0 Å². The van der Waals surface area contributed by atoms with E-state index in [2.05, 4.69) is 125 Å². The van der Waals surface area contributed by atoms with Crippen LogP contribution in [0.25, 0.3) is 55.0 Å². The van der Waals surface area contributed by atoms with Crippen molar-refractivity contribution in [2.45, 2.75) is 38.9 Å². The van der Waals surface area contributed by atoms with Crippen molar-refractivity contribution >= 4 is 45.3 Å². The van der Waals surface area contributed by atoms with E-state index >= 15 is 0 Å². The van der Waals surface area contributed by atoms with Crippen molar-refractivity contribution < 1.29 is 13.7 Å². The van der Waals surface area contributed by atoms with Gasteiger partial charge in [-0.1, -0.05) is 91.0 Å². The molecule has 0 aliphatic carbocycles. The molecule has 5 aromatic carbocycles. The molecule has 1 saturated heterocycles. The Bertz CT molecular complexity index is 1800. The molecule has 0 N–H and O–H groups in total. The van der Waals surface area contributed by atoms with Crippen LogP contribution in [0.3, 0.4) is 0 Å². The molecule has 6 aromatic rings. The summed E-state index contributed by atoms with van der Waals surface area (Å²) in [5.74, 6) is 0. The van der Waals surface area contributed by atoms with Gasteiger partial charge in [0.1, 0.15) is 11.2 Å². The first-order valence-corrected chi connectivity index (χ1v) is 13.2. The molecule has 0 atom stereocenters. The highest BCUT2D eigenvalue weighted by Crippen LogP contribution is 2.41. The molecule has 4 heteroatoms. The van der Waals surface area contributed by atoms with Gasteiger partial charge in [0.05, 0.1) is 11.2 Å². The largest absolute Gasteiger partial charge is 0.498 e. The van der Waals surface area contributed by atoms with Gasteiger partial charge in [0.25, 0.3) is 0 Å². The Kier molecular flexibility index (Phi) is 5.10. The summed E-state index contributed by atoms with van der Waals surface area (Å²) >= 11 is 0. The maximum atomic E-state index is 6.64. The predicted octanol–water partition coefficient (Wildman–Crippen LogP) is 8.37. The molecule has 3 nitrogen and oxygen atoms in total. The standard InChI is InChI=1S/C34H29BO3/c1-33(2)34(3,4)38-35(37-33)29-19-18-27(24-16-14-23(15-17-24)22-10-6-5-7-11-22)31-28-20-25-12-8-9-13-26(25)21-30(28)36-32(29)31/h5-21H,1-4H3. The van der Waals surface area contributed by atoms with Gasteiger partial charge < -0.3 is 13.7 Å². The van der Waals surface area contributed by atoms with E-state index in [1.54, 1.807) is 0 Å². The molecule has 0 radical (unpaired) electrons. The van der Waals surface area contributed by atoms with Gasteiger partial charge in [0.15, 0.2) is 0 Å². The van der Waals surface area contributed by atoms with E-state index in [-0.39, 0.29) is 0 Å². The minimum Gasteiger partial charge on any atom is -0.456 e. The molecule has 1 fully saturated rings. The van der Waals surface area contributed by atoms with Gasteiger partial charge in [0.2, 0.25) is 0 Å². The summed E-state index contributed by atoms with van der Waals surface area (Å²) in [5, 5.41) is 4.53. The first-order valence-electron chi connectivity index (χ1n) is 13.2. The first-order chi connectivity index (χ1) is 18.3. The fourth-order valence-electron chi connectivity index (χ4n) is 5.45. The SMILES string of the molecule is CC1(C)OB(c2ccc(-c3ccc(-c4ccccc4)cc3)c3c2oc2cc4ccccc4cc23)OC1(C)C. The van der Waals surface area contributed by atoms with Crippen LogP contribution in [0.1, 0.15) is 27.7 Å². The van der Waals surface area contributed by atoms with Gasteiger partial charge in [-0.3, -0.25) is 0 Å². The van der Waals surface area contributed by atoms with Gasteiger partial charge in [-0.05, 0) is 72.9 Å². The maximum absolute atomic E-state index is 6.64. The third-order valence-corrected chi connectivity index (χ3v) is 8.33. The zero-order valence-electron chi connectivity index (χ0n) is 22.1. The van der Waals surface area contributed by atoms with Crippen molar-refractivity contribution in [3.8, 4) is 22.3 Å². The topological polar surface area (TPSA) is 31.6 Å². The Morgan fingerprint density at radius 1 is 0.579 bits per heavy atom. The normalized spacial score (nSPS) is 16.6. The first kappa shape index (κ1) is 23.3. The Hall–Kier alpha value is -3.86. The van der Waals surface area contributed by atoms with Crippen LogP contribution in [0.15, 0.2) is 108 Å². The van der Waals surface area contributed by atoms with Crippen molar-refractivity contribution in [1.29, 1.82) is 0 Å². The highest BCUT2D eigenvalue weighted by molar-refractivity contribution is 6.65. The summed E-state index contributed by atoms with van der Waals surface area (Å²) in [6, 6.07) is 36.3. The predicted molar refractivity (Wildman–Crippen MR) is 158 cm³/mol. The monoisotopic (exact) mass is 496 g/mol. The lowest BCUT2D eigenvalue weighted by molar-refractivity contribution is 0.00578. The lowest BCUT2D eigenvalue weighted by Gasteiger charge is -2.32. The van der Waals surface area contributed by atoms with E-state index in [9.17, 15) is 0 Å². The lowest BCUT2D eigenvalue weighted by atomic mass is 9.77. The minimum atomic E-state index is -0.507. The molecule has 1 aliphatic heterocycles. The second-order valence-electron chi connectivity index (χ2n) is 11.2. The number of furan rings is 1. The Morgan fingerprint density at radius 3 is 1.84 bits per heavy atom. The summed E-state index contributed by atoms with van der Waals surface area (Å²) in [6.45, 7) is 8.33. The molecular weight excluding hydrogens is 467 g/mol. The molecular formula is C34H29BO3. The Labute approximate surface area is 223 Å². The number of hydrogen-bond acceptors (Lipinski definition) is 3. The minimum absolute atomic E-state index is 0.434. The number of rotatable bonds is 3. The van der Waals surface area contributed by atoms with E-state index < -0.39 is 18.3 Å². The van der Waals surface area contributed by atoms with Crippen molar-refractivity contribution in [1.82, 2.24) is 0 Å². The lowest BCUT2D eigenvalue weighted by Crippen LogP contribution is -2.41. The highest BCUT2D eigenvalue weighted by atomic mass is 16.7. The van der Waals surface area contributed by atoms with E-state index in [4.69, 9.17) is 13.7 Å². The fraction of sp³-hybridized carbons (Fsp3) is 0.176. The highest BCUT2D eigenvalue weighted by Gasteiger charge is 2.52. The van der Waals surface area contributed by atoms with Crippen molar-refractivity contribution in [3.63, 3.8) is 0 Å². The zero-order valence-corrected chi connectivity index (χ0v) is 22.1. The van der Waals surface area contributed by atoms with E-state index in [1.807, 2.05) is 6.07 Å². The molecule has 7 rings (SSSR count). The van der Waals surface area contributed by atoms with Crippen LogP contribution in [0.2, 0.25) is 0 Å². The summed E-state index contributed by atoms with van der Waals surface area (Å²) in [7, 11) is -0.507. The molecule has 0 bridgehead atoms. The van der Waals surface area contributed by atoms with Gasteiger partial charge in [-0.15, -0.1) is 0 Å². The molecule has 0 unspecified atom stereocenters. The zero-order chi connectivity index (χ0) is 26.1. The van der Waals surface area contributed by atoms with Crippen LogP contribution < -0.4 is 5.46 Å². The maximum Gasteiger partial charge on any atom is 0.498 e. The molecule has 38 heavy (non-hydrogen) atoms. The number of hydrogen-bond donors (Lipinski definition) is 0. The number of benzene rings is 5. The van der Waals surface area contributed by atoms with E-state index in [0.717, 1.165) is 43.9 Å². The van der Waals surface area contributed by atoms with Crippen molar-refractivity contribution in [2.24, 2.45) is 0 Å². The number of fused-ring (bicyclic) bond motifs is 4. The van der Waals surface area contributed by atoms with Gasteiger partial charge in [-0.2, -0.15) is 0 Å². The Balaban J connectivity index is 1.45. The molecule has 2 heterocycles. The Morgan fingerprint density at radius 2 is 1.16 bits per heavy atom. The smallest absolute Gasteiger partial charge is 0.456 e. The quantitative estimate of drug-likeness (QED) is 0.231. The van der Waals surface area contributed by atoms with Gasteiger partial charge >= 0.3 is 7.12 Å². The average molecular weight is 496 g/mol. The molecule has 1 aliphatic rings.